The van der Waals surface area contributed by atoms with E-state index in [-0.39, 0.29) is 30.9 Å². The molecule has 0 saturated carbocycles. The van der Waals surface area contributed by atoms with Crippen molar-refractivity contribution in [1.29, 1.82) is 0 Å². The Bertz CT molecular complexity index is 647. The highest BCUT2D eigenvalue weighted by Crippen LogP contribution is 2.20. The first kappa shape index (κ1) is 24.6. The van der Waals surface area contributed by atoms with E-state index in [1.165, 1.54) is 0 Å². The van der Waals surface area contributed by atoms with Crippen molar-refractivity contribution in [2.45, 2.75) is 29.4 Å². The Morgan fingerprint density at radius 2 is 1.89 bits per heavy atom. The van der Waals surface area contributed by atoms with Crippen molar-refractivity contribution >= 4 is 34.8 Å². The van der Waals surface area contributed by atoms with Gasteiger partial charge in [0.05, 0.1) is 18.1 Å². The SMILES string of the molecule is Cl.Cl.O=S(=O)(c1ccccc1)N1CCC(NCC2(O)CNCCOC2)CC1. The lowest BCUT2D eigenvalue weighted by atomic mass is 10.0. The largest absolute Gasteiger partial charge is 0.385 e. The fourth-order valence-corrected chi connectivity index (χ4v) is 4.76. The fourth-order valence-electron chi connectivity index (χ4n) is 3.27. The predicted octanol–water partition coefficient (Wildman–Crippen LogP) is 0.624. The molecule has 2 aliphatic heterocycles. The van der Waals surface area contributed by atoms with Gasteiger partial charge in [0.2, 0.25) is 10.0 Å². The van der Waals surface area contributed by atoms with Crippen LogP contribution < -0.4 is 10.6 Å². The highest BCUT2D eigenvalue weighted by molar-refractivity contribution is 7.89. The number of hydrogen-bond donors (Lipinski definition) is 3. The van der Waals surface area contributed by atoms with Gasteiger partial charge in [-0.2, -0.15) is 4.31 Å². The smallest absolute Gasteiger partial charge is 0.243 e. The molecule has 2 fully saturated rings. The minimum Gasteiger partial charge on any atom is -0.385 e. The van der Waals surface area contributed by atoms with Gasteiger partial charge < -0.3 is 20.5 Å². The summed E-state index contributed by atoms with van der Waals surface area (Å²) in [6.45, 7) is 3.59. The van der Waals surface area contributed by atoms with E-state index in [0.29, 0.717) is 44.3 Å². The molecule has 2 saturated heterocycles. The molecule has 1 aromatic rings. The van der Waals surface area contributed by atoms with Crippen molar-refractivity contribution in [3.05, 3.63) is 30.3 Å². The van der Waals surface area contributed by atoms with Gasteiger partial charge in [0, 0.05) is 38.8 Å². The predicted molar refractivity (Wildman–Crippen MR) is 109 cm³/mol. The van der Waals surface area contributed by atoms with E-state index >= 15 is 0 Å². The van der Waals surface area contributed by atoms with Gasteiger partial charge in [-0.25, -0.2) is 8.42 Å². The van der Waals surface area contributed by atoms with Gasteiger partial charge in [-0.1, -0.05) is 18.2 Å². The summed E-state index contributed by atoms with van der Waals surface area (Å²) in [6.07, 6.45) is 1.47. The first-order chi connectivity index (χ1) is 12.0. The van der Waals surface area contributed by atoms with Gasteiger partial charge in [0.1, 0.15) is 5.60 Å². The summed E-state index contributed by atoms with van der Waals surface area (Å²) in [6, 6.07) is 8.76. The standard InChI is InChI=1S/C17H27N3O4S.2ClH/c21-17(12-18-8-11-24-14-17)13-19-15-6-9-20(10-7-15)25(22,23)16-4-2-1-3-5-16;;/h1-5,15,18-19,21H,6-14H2;2*1H. The van der Waals surface area contributed by atoms with E-state index in [1.807, 2.05) is 6.07 Å². The highest BCUT2D eigenvalue weighted by Gasteiger charge is 2.32. The van der Waals surface area contributed by atoms with Gasteiger partial charge in [0.15, 0.2) is 0 Å². The van der Waals surface area contributed by atoms with Crippen molar-refractivity contribution in [2.24, 2.45) is 0 Å². The zero-order chi connectivity index (χ0) is 17.8. The molecule has 0 bridgehead atoms. The molecule has 2 heterocycles. The Labute approximate surface area is 173 Å². The van der Waals surface area contributed by atoms with Crippen LogP contribution in [0.5, 0.6) is 0 Å². The molecule has 0 aliphatic carbocycles. The zero-order valence-electron chi connectivity index (χ0n) is 15.2. The lowest BCUT2D eigenvalue weighted by Gasteiger charge is -2.34. The van der Waals surface area contributed by atoms with Crippen LogP contribution in [0.2, 0.25) is 0 Å². The van der Waals surface area contributed by atoms with Crippen molar-refractivity contribution < 1.29 is 18.3 Å². The van der Waals surface area contributed by atoms with Crippen molar-refractivity contribution in [3.8, 4) is 0 Å². The maximum absolute atomic E-state index is 12.6. The Kier molecular flexibility index (Phi) is 9.95. The molecule has 1 atom stereocenters. The van der Waals surface area contributed by atoms with Crippen LogP contribution in [-0.4, -0.2) is 75.4 Å². The van der Waals surface area contributed by atoms with Crippen LogP contribution in [-0.2, 0) is 14.8 Å². The minimum absolute atomic E-state index is 0. The molecule has 3 N–H and O–H groups in total. The van der Waals surface area contributed by atoms with Crippen LogP contribution in [0.15, 0.2) is 35.2 Å². The van der Waals surface area contributed by atoms with Crippen LogP contribution >= 0.6 is 24.8 Å². The second-order valence-electron chi connectivity index (χ2n) is 6.83. The molecule has 27 heavy (non-hydrogen) atoms. The number of ether oxygens (including phenoxy) is 1. The summed E-state index contributed by atoms with van der Waals surface area (Å²) in [5.74, 6) is 0. The number of piperidine rings is 1. The van der Waals surface area contributed by atoms with Gasteiger partial charge in [0.25, 0.3) is 0 Å². The van der Waals surface area contributed by atoms with Crippen molar-refractivity contribution in [3.63, 3.8) is 0 Å². The maximum Gasteiger partial charge on any atom is 0.243 e. The average molecular weight is 442 g/mol. The Morgan fingerprint density at radius 1 is 1.22 bits per heavy atom. The molecule has 1 aromatic carbocycles. The summed E-state index contributed by atoms with van der Waals surface area (Å²) in [7, 11) is -3.41. The molecule has 0 amide bonds. The number of sulfonamides is 1. The second-order valence-corrected chi connectivity index (χ2v) is 8.76. The van der Waals surface area contributed by atoms with E-state index in [2.05, 4.69) is 10.6 Å². The number of halogens is 2. The first-order valence-corrected chi connectivity index (χ1v) is 10.2. The molecule has 0 spiro atoms. The molecule has 0 radical (unpaired) electrons. The quantitative estimate of drug-likeness (QED) is 0.620. The number of nitrogens with zero attached hydrogens (tertiary/aromatic N) is 1. The topological polar surface area (TPSA) is 90.9 Å². The Balaban J connectivity index is 0.00000182. The van der Waals surface area contributed by atoms with Crippen LogP contribution in [0.25, 0.3) is 0 Å². The number of nitrogens with one attached hydrogen (secondary N) is 2. The molecule has 3 rings (SSSR count). The summed E-state index contributed by atoms with van der Waals surface area (Å²) >= 11 is 0. The van der Waals surface area contributed by atoms with E-state index in [1.54, 1.807) is 28.6 Å². The maximum atomic E-state index is 12.6. The molecular formula is C17H29Cl2N3O4S. The van der Waals surface area contributed by atoms with Crippen molar-refractivity contribution in [1.82, 2.24) is 14.9 Å². The third kappa shape index (κ3) is 6.54. The van der Waals surface area contributed by atoms with Crippen LogP contribution in [0.4, 0.5) is 0 Å². The monoisotopic (exact) mass is 441 g/mol. The van der Waals surface area contributed by atoms with E-state index in [9.17, 15) is 13.5 Å². The summed E-state index contributed by atoms with van der Waals surface area (Å²) < 4.78 is 32.2. The van der Waals surface area contributed by atoms with Crippen LogP contribution in [0, 0.1) is 0 Å². The van der Waals surface area contributed by atoms with E-state index in [0.717, 1.165) is 19.4 Å². The van der Waals surface area contributed by atoms with Gasteiger partial charge in [-0.3, -0.25) is 0 Å². The lowest BCUT2D eigenvalue weighted by Crippen LogP contribution is -2.54. The number of benzene rings is 1. The van der Waals surface area contributed by atoms with Crippen LogP contribution in [0.3, 0.4) is 0 Å². The molecule has 156 valence electrons. The van der Waals surface area contributed by atoms with Crippen molar-refractivity contribution in [2.75, 3.05) is 45.9 Å². The third-order valence-corrected chi connectivity index (χ3v) is 6.72. The molecule has 1 unspecified atom stereocenters. The Morgan fingerprint density at radius 3 is 2.56 bits per heavy atom. The molecular weight excluding hydrogens is 413 g/mol. The third-order valence-electron chi connectivity index (χ3n) is 4.80. The van der Waals surface area contributed by atoms with Gasteiger partial charge in [-0.15, -0.1) is 24.8 Å². The lowest BCUT2D eigenvalue weighted by molar-refractivity contribution is -0.0285. The fraction of sp³-hybridized carbons (Fsp3) is 0.647. The van der Waals surface area contributed by atoms with Gasteiger partial charge >= 0.3 is 0 Å². The second kappa shape index (κ2) is 10.9. The highest BCUT2D eigenvalue weighted by atomic mass is 35.5. The number of aliphatic hydroxyl groups is 1. The number of hydrogen-bond acceptors (Lipinski definition) is 6. The molecule has 0 aromatic heterocycles. The number of β-amino-alcohol motifs (C(OH)–C–C–N with tert-alkyl or cyclic N) is 1. The summed E-state index contributed by atoms with van der Waals surface area (Å²) in [5, 5.41) is 17.1. The van der Waals surface area contributed by atoms with E-state index in [4.69, 9.17) is 4.74 Å². The van der Waals surface area contributed by atoms with Crippen LogP contribution in [0.1, 0.15) is 12.8 Å². The Hall–Kier alpha value is -0.450. The van der Waals surface area contributed by atoms with E-state index < -0.39 is 15.6 Å². The first-order valence-electron chi connectivity index (χ1n) is 8.79. The normalized spacial score (nSPS) is 25.1. The number of rotatable bonds is 5. The van der Waals surface area contributed by atoms with Gasteiger partial charge in [-0.05, 0) is 25.0 Å². The summed E-state index contributed by atoms with van der Waals surface area (Å²) in [5.41, 5.74) is -0.913. The zero-order valence-corrected chi connectivity index (χ0v) is 17.6. The summed E-state index contributed by atoms with van der Waals surface area (Å²) in [4.78, 5) is 0.345. The molecule has 7 nitrogen and oxygen atoms in total. The molecule has 2 aliphatic rings. The molecule has 10 heteroatoms. The average Bonchev–Trinajstić information content (AvgIpc) is 2.86. The minimum atomic E-state index is -3.41.